The highest BCUT2D eigenvalue weighted by molar-refractivity contribution is 6.06. The van der Waals surface area contributed by atoms with E-state index in [1.54, 1.807) is 0 Å². The normalized spacial score (nSPS) is 17.9. The topological polar surface area (TPSA) is 34.0 Å². The predicted molar refractivity (Wildman–Crippen MR) is 66.5 cm³/mol. The van der Waals surface area contributed by atoms with Gasteiger partial charge < -0.3 is 4.74 Å². The van der Waals surface area contributed by atoms with Crippen LogP contribution < -0.4 is 0 Å². The summed E-state index contributed by atoms with van der Waals surface area (Å²) in [6.45, 7) is 3.03. The fourth-order valence-corrected chi connectivity index (χ4v) is 1.73. The summed E-state index contributed by atoms with van der Waals surface area (Å²) in [6, 6.07) is 4.17. The van der Waals surface area contributed by atoms with Crippen LogP contribution in [0.2, 0.25) is 0 Å². The molecule has 0 spiro atoms. The Labute approximate surface area is 124 Å². The number of benzene rings is 1. The molecule has 0 N–H and O–H groups in total. The van der Waals surface area contributed by atoms with Gasteiger partial charge in [0.25, 0.3) is 0 Å². The second-order valence-electron chi connectivity index (χ2n) is 4.32. The van der Waals surface area contributed by atoms with Crippen LogP contribution in [0.3, 0.4) is 0 Å². The fraction of sp³-hybridized carbons (Fsp3) is 0.231. The highest BCUT2D eigenvalue weighted by Gasteiger charge is 2.73. The molecule has 1 heterocycles. The number of ether oxygens (including phenoxy) is 1. The van der Waals surface area contributed by atoms with Gasteiger partial charge in [-0.15, -0.1) is 0 Å². The van der Waals surface area contributed by atoms with E-state index < -0.39 is 41.2 Å². The molecule has 0 aromatic heterocycles. The van der Waals surface area contributed by atoms with Crippen LogP contribution in [0.15, 0.2) is 46.9 Å². The monoisotopic (exact) mass is 340 g/mol. The molecule has 0 amide bonds. The quantitative estimate of drug-likeness (QED) is 0.749. The van der Waals surface area contributed by atoms with Gasteiger partial charge in [-0.25, -0.2) is 14.4 Å². The summed E-state index contributed by atoms with van der Waals surface area (Å²) in [5.41, 5.74) is -5.46. The Morgan fingerprint density at radius 3 is 2.04 bits per heavy atom. The van der Waals surface area contributed by atoms with Crippen molar-refractivity contribution in [2.24, 2.45) is 9.98 Å². The van der Waals surface area contributed by atoms with Crippen LogP contribution >= 0.6 is 0 Å². The average molecular weight is 340 g/mol. The van der Waals surface area contributed by atoms with Crippen molar-refractivity contribution in [2.45, 2.75) is 18.0 Å². The highest BCUT2D eigenvalue weighted by atomic mass is 19.4. The van der Waals surface area contributed by atoms with Gasteiger partial charge in [0.15, 0.2) is 0 Å². The van der Waals surface area contributed by atoms with Crippen molar-refractivity contribution in [3.05, 3.63) is 48.3 Å². The second-order valence-corrected chi connectivity index (χ2v) is 4.32. The van der Waals surface area contributed by atoms with E-state index in [1.807, 2.05) is 0 Å². The molecule has 10 heteroatoms. The van der Waals surface area contributed by atoms with Gasteiger partial charge in [-0.3, -0.25) is 0 Å². The van der Waals surface area contributed by atoms with Crippen molar-refractivity contribution in [1.29, 1.82) is 0 Å². The fourth-order valence-electron chi connectivity index (χ4n) is 1.73. The third kappa shape index (κ3) is 2.80. The molecule has 1 aliphatic heterocycles. The first kappa shape index (κ1) is 17.0. The first-order valence-electron chi connectivity index (χ1n) is 5.90. The van der Waals surface area contributed by atoms with E-state index in [4.69, 9.17) is 4.74 Å². The van der Waals surface area contributed by atoms with Crippen LogP contribution in [0.25, 0.3) is 0 Å². The van der Waals surface area contributed by atoms with E-state index in [9.17, 15) is 30.7 Å². The maximum Gasteiger partial charge on any atom is 0.443 e. The molecule has 0 unspecified atom stereocenters. The number of nitrogens with zero attached hydrogens (tertiary/aromatic N) is 2. The van der Waals surface area contributed by atoms with Gasteiger partial charge in [-0.2, -0.15) is 26.3 Å². The van der Waals surface area contributed by atoms with E-state index >= 15 is 0 Å². The summed E-state index contributed by atoms with van der Waals surface area (Å²) in [7, 11) is 0. The van der Waals surface area contributed by atoms with Gasteiger partial charge in [0.1, 0.15) is 5.82 Å². The standard InChI is InChI=1S/C13H7F7N2O/c1-2-9-21-11(12(15,16)17,13(18,19)20)22-10(23-9)7-5-3-4-6-8(7)14/h2-6H,1H2. The first-order valence-corrected chi connectivity index (χ1v) is 5.90. The van der Waals surface area contributed by atoms with Crippen molar-refractivity contribution >= 4 is 11.8 Å². The lowest BCUT2D eigenvalue weighted by atomic mass is 10.1. The van der Waals surface area contributed by atoms with Crippen LogP contribution in [0.4, 0.5) is 30.7 Å². The van der Waals surface area contributed by atoms with Gasteiger partial charge in [0, 0.05) is 0 Å². The molecule has 23 heavy (non-hydrogen) atoms. The summed E-state index contributed by atoms with van der Waals surface area (Å²) >= 11 is 0. The van der Waals surface area contributed by atoms with Crippen molar-refractivity contribution in [3.63, 3.8) is 0 Å². The Balaban J connectivity index is 2.74. The Bertz CT molecular complexity index is 674. The molecule has 124 valence electrons. The predicted octanol–water partition coefficient (Wildman–Crippen LogP) is 4.01. The van der Waals surface area contributed by atoms with E-state index in [-0.39, 0.29) is 0 Å². The van der Waals surface area contributed by atoms with E-state index in [2.05, 4.69) is 16.6 Å². The Hall–Kier alpha value is -2.39. The molecule has 0 saturated carbocycles. The zero-order valence-electron chi connectivity index (χ0n) is 11.0. The molecule has 0 atom stereocenters. The number of rotatable bonds is 2. The van der Waals surface area contributed by atoms with E-state index in [0.717, 1.165) is 12.1 Å². The molecule has 0 fully saturated rings. The summed E-state index contributed by atoms with van der Waals surface area (Å²) < 4.78 is 96.8. The lowest BCUT2D eigenvalue weighted by Crippen LogP contribution is -2.56. The Morgan fingerprint density at radius 1 is 1.00 bits per heavy atom. The SMILES string of the molecule is C=CC1=NC(C(F)(F)F)(C(F)(F)F)N=C(c2ccccc2F)O1. The Morgan fingerprint density at radius 2 is 1.57 bits per heavy atom. The third-order valence-electron chi connectivity index (χ3n) is 2.81. The molecule has 0 aliphatic carbocycles. The van der Waals surface area contributed by atoms with Gasteiger partial charge in [-0.05, 0) is 18.2 Å². The van der Waals surface area contributed by atoms with Crippen molar-refractivity contribution < 1.29 is 35.5 Å². The van der Waals surface area contributed by atoms with Gasteiger partial charge >= 0.3 is 18.0 Å². The highest BCUT2D eigenvalue weighted by Crippen LogP contribution is 2.48. The molecule has 1 aromatic carbocycles. The minimum absolute atomic E-state index is 0.543. The Kier molecular flexibility index (Phi) is 3.95. The van der Waals surface area contributed by atoms with Gasteiger partial charge in [0.2, 0.25) is 11.8 Å². The van der Waals surface area contributed by atoms with Crippen molar-refractivity contribution in [3.8, 4) is 0 Å². The van der Waals surface area contributed by atoms with Gasteiger partial charge in [-0.1, -0.05) is 18.7 Å². The molecule has 0 radical (unpaired) electrons. The molecule has 0 saturated heterocycles. The molecule has 1 aliphatic rings. The minimum Gasteiger partial charge on any atom is -0.421 e. The number of alkyl halides is 6. The number of aliphatic imine (C=N–C) groups is 2. The number of halogens is 7. The lowest BCUT2D eigenvalue weighted by Gasteiger charge is -2.33. The molecule has 3 nitrogen and oxygen atoms in total. The minimum atomic E-state index is -5.92. The summed E-state index contributed by atoms with van der Waals surface area (Å²) in [6.07, 6.45) is -11.3. The average Bonchev–Trinajstić information content (AvgIpc) is 2.44. The van der Waals surface area contributed by atoms with Crippen molar-refractivity contribution in [2.75, 3.05) is 0 Å². The summed E-state index contributed by atoms with van der Waals surface area (Å²) in [4.78, 5) is 5.05. The number of hydrogen-bond acceptors (Lipinski definition) is 3. The zero-order chi connectivity index (χ0) is 17.5. The van der Waals surface area contributed by atoms with Crippen LogP contribution in [0, 0.1) is 5.82 Å². The molecule has 0 bridgehead atoms. The van der Waals surface area contributed by atoms with Crippen LogP contribution in [0.1, 0.15) is 5.56 Å². The molecular weight excluding hydrogens is 333 g/mol. The molecule has 1 aromatic rings. The molecular formula is C13H7F7N2O. The van der Waals surface area contributed by atoms with Gasteiger partial charge in [0.05, 0.1) is 5.56 Å². The number of hydrogen-bond donors (Lipinski definition) is 0. The maximum atomic E-state index is 13.7. The van der Waals surface area contributed by atoms with Crippen molar-refractivity contribution in [1.82, 2.24) is 0 Å². The van der Waals surface area contributed by atoms with Crippen LogP contribution in [-0.2, 0) is 4.74 Å². The third-order valence-corrected chi connectivity index (χ3v) is 2.81. The summed E-state index contributed by atoms with van der Waals surface area (Å²) in [5, 5.41) is 0. The van der Waals surface area contributed by atoms with E-state index in [0.29, 0.717) is 6.08 Å². The summed E-state index contributed by atoms with van der Waals surface area (Å²) in [5.74, 6) is -3.37. The second kappa shape index (κ2) is 5.36. The zero-order valence-corrected chi connectivity index (χ0v) is 11.0. The smallest absolute Gasteiger partial charge is 0.421 e. The first-order chi connectivity index (χ1) is 10.5. The largest absolute Gasteiger partial charge is 0.443 e. The maximum absolute atomic E-state index is 13.7. The lowest BCUT2D eigenvalue weighted by molar-refractivity contribution is -0.293. The molecule has 2 rings (SSSR count). The van der Waals surface area contributed by atoms with Crippen LogP contribution in [-0.4, -0.2) is 29.8 Å². The van der Waals surface area contributed by atoms with E-state index in [1.165, 1.54) is 12.1 Å². The van der Waals surface area contributed by atoms with Crippen LogP contribution in [0.5, 0.6) is 0 Å².